The molecular weight excluding hydrogens is 362 g/mol. The molecule has 1 heterocycles. The smallest absolute Gasteiger partial charge is 0.324 e. The summed E-state index contributed by atoms with van der Waals surface area (Å²) < 4.78 is 46.2. The maximum Gasteiger partial charge on any atom is 0.324 e. The number of hydrogen-bond donors (Lipinski definition) is 1. The minimum atomic E-state index is -3.45. The summed E-state index contributed by atoms with van der Waals surface area (Å²) in [6.07, 6.45) is -4.63. The Morgan fingerprint density at radius 2 is 1.40 bits per heavy atom. The second-order valence-electron chi connectivity index (χ2n) is 10.1. The normalized spacial score (nSPS) is 28.4. The van der Waals surface area contributed by atoms with Crippen LogP contribution in [0, 0.1) is 0 Å². The van der Waals surface area contributed by atoms with E-state index < -0.39 is 41.1 Å². The third-order valence-corrected chi connectivity index (χ3v) is 14.9. The minimum absolute atomic E-state index is 0.00241. The van der Waals surface area contributed by atoms with E-state index in [2.05, 4.69) is 33.9 Å². The molecule has 0 saturated carbocycles. The molecule has 0 spiro atoms. The van der Waals surface area contributed by atoms with Crippen LogP contribution in [-0.4, -0.2) is 52.8 Å². The van der Waals surface area contributed by atoms with Crippen molar-refractivity contribution in [1.29, 1.82) is 0 Å². The van der Waals surface area contributed by atoms with E-state index in [1.165, 1.54) is 0 Å². The summed E-state index contributed by atoms with van der Waals surface area (Å²) in [6, 6.07) is 0. The Morgan fingerprint density at radius 3 is 1.80 bits per heavy atom. The number of aliphatic hydroxyl groups excluding tert-OH is 1. The molecule has 1 saturated heterocycles. The van der Waals surface area contributed by atoms with Crippen molar-refractivity contribution < 1.29 is 27.5 Å². The Labute approximate surface area is 153 Å². The van der Waals surface area contributed by atoms with Gasteiger partial charge in [-0.25, -0.2) is 0 Å². The quantitative estimate of drug-likeness (QED) is 0.679. The molecule has 0 amide bonds. The SMILES string of the molecule is CC(C)(C)[Si](C)(C)OC[C@H]1O[C@H](O)C(F)(F)[C@@H]1O[Si](C)(C)C(C)(C)C. The van der Waals surface area contributed by atoms with Gasteiger partial charge in [-0.1, -0.05) is 41.5 Å². The monoisotopic (exact) mass is 398 g/mol. The van der Waals surface area contributed by atoms with Gasteiger partial charge in [0.25, 0.3) is 0 Å². The van der Waals surface area contributed by atoms with Crippen LogP contribution in [0.15, 0.2) is 0 Å². The first-order valence-corrected chi connectivity index (χ1v) is 14.7. The van der Waals surface area contributed by atoms with Crippen LogP contribution in [-0.2, 0) is 13.6 Å². The van der Waals surface area contributed by atoms with Crippen LogP contribution in [0.5, 0.6) is 0 Å². The van der Waals surface area contributed by atoms with Crippen molar-refractivity contribution in [3.05, 3.63) is 0 Å². The van der Waals surface area contributed by atoms with Crippen molar-refractivity contribution in [3.63, 3.8) is 0 Å². The third-order valence-electron chi connectivity index (χ3n) is 5.99. The van der Waals surface area contributed by atoms with Crippen molar-refractivity contribution >= 4 is 16.6 Å². The summed E-state index contributed by atoms with van der Waals surface area (Å²) in [4.78, 5) is 0. The van der Waals surface area contributed by atoms with E-state index in [9.17, 15) is 13.9 Å². The van der Waals surface area contributed by atoms with Crippen molar-refractivity contribution in [1.82, 2.24) is 0 Å². The molecule has 0 aromatic heterocycles. The molecule has 0 aromatic carbocycles. The molecule has 4 nitrogen and oxygen atoms in total. The number of halogens is 2. The van der Waals surface area contributed by atoms with Crippen LogP contribution in [0.1, 0.15) is 41.5 Å². The second kappa shape index (κ2) is 6.94. The lowest BCUT2D eigenvalue weighted by Crippen LogP contribution is -2.53. The molecule has 0 bridgehead atoms. The highest BCUT2D eigenvalue weighted by Gasteiger charge is 2.61. The van der Waals surface area contributed by atoms with Crippen molar-refractivity contribution in [2.45, 2.75) is 102 Å². The summed E-state index contributed by atoms with van der Waals surface area (Å²) in [5.74, 6) is -3.45. The van der Waals surface area contributed by atoms with Gasteiger partial charge in [0.1, 0.15) is 12.2 Å². The predicted molar refractivity (Wildman–Crippen MR) is 101 cm³/mol. The first-order valence-electron chi connectivity index (χ1n) is 8.86. The lowest BCUT2D eigenvalue weighted by Gasteiger charge is -2.41. The van der Waals surface area contributed by atoms with Gasteiger partial charge in [0.05, 0.1) is 6.61 Å². The maximum atomic E-state index is 14.5. The minimum Gasteiger partial charge on any atom is -0.414 e. The van der Waals surface area contributed by atoms with Crippen LogP contribution in [0.3, 0.4) is 0 Å². The molecule has 1 aliphatic heterocycles. The molecule has 0 unspecified atom stereocenters. The highest BCUT2D eigenvalue weighted by Crippen LogP contribution is 2.44. The van der Waals surface area contributed by atoms with E-state index in [-0.39, 0.29) is 16.7 Å². The van der Waals surface area contributed by atoms with E-state index >= 15 is 0 Å². The van der Waals surface area contributed by atoms with Crippen molar-refractivity contribution in [2.24, 2.45) is 0 Å². The number of ether oxygens (including phenoxy) is 1. The standard InChI is InChI=1S/C17H36F2O4Si2/c1-15(2,3)24(7,8)21-11-12-13(17(18,19)14(20)22-12)23-25(9,10)16(4,5)6/h12-14,20H,11H2,1-10H3/t12-,13-,14+/m1/s1. The zero-order valence-corrected chi connectivity index (χ0v) is 19.4. The molecule has 25 heavy (non-hydrogen) atoms. The molecule has 1 N–H and O–H groups in total. The van der Waals surface area contributed by atoms with E-state index in [0.29, 0.717) is 0 Å². The van der Waals surface area contributed by atoms with Gasteiger partial charge in [0.2, 0.25) is 6.29 Å². The van der Waals surface area contributed by atoms with E-state index in [1.54, 1.807) is 0 Å². The molecule has 3 atom stereocenters. The number of alkyl halides is 2. The predicted octanol–water partition coefficient (Wildman–Crippen LogP) is 4.75. The van der Waals surface area contributed by atoms with Crippen molar-refractivity contribution in [2.75, 3.05) is 6.61 Å². The van der Waals surface area contributed by atoms with Gasteiger partial charge in [-0.15, -0.1) is 0 Å². The van der Waals surface area contributed by atoms with E-state index in [1.807, 2.05) is 33.9 Å². The largest absolute Gasteiger partial charge is 0.414 e. The Kier molecular flexibility index (Phi) is 6.43. The van der Waals surface area contributed by atoms with E-state index in [0.717, 1.165) is 0 Å². The third kappa shape index (κ3) is 4.90. The van der Waals surface area contributed by atoms with Gasteiger partial charge in [0, 0.05) is 0 Å². The van der Waals surface area contributed by atoms with Crippen LogP contribution >= 0.6 is 0 Å². The van der Waals surface area contributed by atoms with Crippen LogP contribution < -0.4 is 0 Å². The van der Waals surface area contributed by atoms with Crippen LogP contribution in [0.2, 0.25) is 36.3 Å². The molecular formula is C17H36F2O4Si2. The zero-order valence-electron chi connectivity index (χ0n) is 17.4. The van der Waals surface area contributed by atoms with Gasteiger partial charge in [-0.3, -0.25) is 0 Å². The van der Waals surface area contributed by atoms with E-state index in [4.69, 9.17) is 13.6 Å². The van der Waals surface area contributed by atoms with Gasteiger partial charge < -0.3 is 18.7 Å². The Bertz CT molecular complexity index is 470. The summed E-state index contributed by atoms with van der Waals surface area (Å²) in [5, 5.41) is 9.45. The average Bonchev–Trinajstić information content (AvgIpc) is 2.57. The summed E-state index contributed by atoms with van der Waals surface area (Å²) >= 11 is 0. The molecule has 150 valence electrons. The Balaban J connectivity index is 2.98. The maximum absolute atomic E-state index is 14.5. The number of hydrogen-bond acceptors (Lipinski definition) is 4. The molecule has 0 radical (unpaired) electrons. The van der Waals surface area contributed by atoms with Gasteiger partial charge >= 0.3 is 5.92 Å². The lowest BCUT2D eigenvalue weighted by molar-refractivity contribution is -0.197. The first-order chi connectivity index (χ1) is 10.8. The van der Waals surface area contributed by atoms with Gasteiger partial charge in [-0.2, -0.15) is 8.78 Å². The summed E-state index contributed by atoms with van der Waals surface area (Å²) in [5.41, 5.74) is 0. The molecule has 1 aliphatic rings. The Morgan fingerprint density at radius 1 is 0.960 bits per heavy atom. The zero-order chi connectivity index (χ0) is 20.1. The van der Waals surface area contributed by atoms with Crippen LogP contribution in [0.25, 0.3) is 0 Å². The fourth-order valence-electron chi connectivity index (χ4n) is 2.00. The molecule has 1 fully saturated rings. The fourth-order valence-corrected chi connectivity index (χ4v) is 4.31. The fraction of sp³-hybridized carbons (Fsp3) is 1.00. The molecule has 8 heteroatoms. The summed E-state index contributed by atoms with van der Waals surface area (Å²) in [7, 11) is -4.57. The first kappa shape index (κ1) is 23.2. The summed E-state index contributed by atoms with van der Waals surface area (Å²) in [6.45, 7) is 20.2. The average molecular weight is 399 g/mol. The molecule has 0 aromatic rings. The number of rotatable bonds is 5. The highest BCUT2D eigenvalue weighted by atomic mass is 28.4. The van der Waals surface area contributed by atoms with Crippen molar-refractivity contribution in [3.8, 4) is 0 Å². The topological polar surface area (TPSA) is 47.9 Å². The highest BCUT2D eigenvalue weighted by molar-refractivity contribution is 6.74. The lowest BCUT2D eigenvalue weighted by atomic mass is 10.1. The van der Waals surface area contributed by atoms with Gasteiger partial charge in [0.15, 0.2) is 16.6 Å². The number of aliphatic hydroxyl groups is 1. The van der Waals surface area contributed by atoms with Gasteiger partial charge in [-0.05, 0) is 36.3 Å². The Hall–Kier alpha value is 0.134. The van der Waals surface area contributed by atoms with Crippen LogP contribution in [0.4, 0.5) is 8.78 Å². The molecule has 0 aliphatic carbocycles. The molecule has 1 rings (SSSR count). The second-order valence-corrected chi connectivity index (χ2v) is 19.6.